The third-order valence-corrected chi connectivity index (χ3v) is 4.24. The normalized spacial score (nSPS) is 10.4. The predicted octanol–water partition coefficient (Wildman–Crippen LogP) is 2.62. The Morgan fingerprint density at radius 2 is 1.56 bits per heavy atom. The molecule has 0 amide bonds. The molecule has 0 aliphatic heterocycles. The summed E-state index contributed by atoms with van der Waals surface area (Å²) < 4.78 is 14.3. The van der Waals surface area contributed by atoms with Crippen LogP contribution in [0.1, 0.15) is 0 Å². The molecular formula is C21H13ClFN2O2-. The molecule has 134 valence electrons. The second-order valence-electron chi connectivity index (χ2n) is 5.86. The van der Waals surface area contributed by atoms with Crippen LogP contribution in [0.2, 0.25) is 0 Å². The summed E-state index contributed by atoms with van der Waals surface area (Å²) in [5, 5.41) is 11.8. The summed E-state index contributed by atoms with van der Waals surface area (Å²) in [4.78, 5) is 15.3. The van der Waals surface area contributed by atoms with Crippen molar-refractivity contribution in [3.05, 3.63) is 94.8 Å². The number of aromatic nitrogens is 1. The quantitative estimate of drug-likeness (QED) is 0.406. The Balaban J connectivity index is 0.00000210. The van der Waals surface area contributed by atoms with Gasteiger partial charge in [0.05, 0.1) is 16.1 Å². The molecule has 0 aliphatic carbocycles. The van der Waals surface area contributed by atoms with Crippen molar-refractivity contribution in [3.8, 4) is 22.4 Å². The lowest BCUT2D eigenvalue weighted by Crippen LogP contribution is -3.00. The fourth-order valence-corrected chi connectivity index (χ4v) is 2.99. The fourth-order valence-electron chi connectivity index (χ4n) is 2.99. The van der Waals surface area contributed by atoms with E-state index in [9.17, 15) is 14.5 Å². The number of nitro benzene ring substituents is 1. The Kier molecular flexibility index (Phi) is 5.14. The zero-order chi connectivity index (χ0) is 18.1. The molecule has 6 heteroatoms. The molecule has 3 aromatic carbocycles. The number of fused-ring (bicyclic) bond motifs is 1. The van der Waals surface area contributed by atoms with E-state index in [1.54, 1.807) is 30.3 Å². The summed E-state index contributed by atoms with van der Waals surface area (Å²) in [6, 6.07) is 22.2. The first-order chi connectivity index (χ1) is 12.6. The highest BCUT2D eigenvalue weighted by molar-refractivity contribution is 5.97. The molecular weight excluding hydrogens is 367 g/mol. The first-order valence-electron chi connectivity index (χ1n) is 8.03. The molecule has 0 saturated heterocycles. The molecule has 4 aromatic rings. The van der Waals surface area contributed by atoms with Crippen LogP contribution in [0.3, 0.4) is 0 Å². The van der Waals surface area contributed by atoms with Crippen LogP contribution in [-0.2, 0) is 0 Å². The molecule has 0 unspecified atom stereocenters. The monoisotopic (exact) mass is 379 g/mol. The van der Waals surface area contributed by atoms with Gasteiger partial charge >= 0.3 is 0 Å². The molecule has 0 saturated carbocycles. The molecule has 0 N–H and O–H groups in total. The highest BCUT2D eigenvalue weighted by Crippen LogP contribution is 2.34. The highest BCUT2D eigenvalue weighted by Gasteiger charge is 2.15. The summed E-state index contributed by atoms with van der Waals surface area (Å²) in [6.45, 7) is 0. The van der Waals surface area contributed by atoms with Crippen molar-refractivity contribution in [2.24, 2.45) is 0 Å². The Labute approximate surface area is 160 Å². The average molecular weight is 380 g/mol. The summed E-state index contributed by atoms with van der Waals surface area (Å²) in [7, 11) is 0. The van der Waals surface area contributed by atoms with E-state index < -0.39 is 4.92 Å². The lowest BCUT2D eigenvalue weighted by molar-refractivity contribution is -0.384. The smallest absolute Gasteiger partial charge is 0.270 e. The van der Waals surface area contributed by atoms with Gasteiger partial charge in [-0.1, -0.05) is 42.5 Å². The van der Waals surface area contributed by atoms with Crippen molar-refractivity contribution in [2.45, 2.75) is 0 Å². The summed E-state index contributed by atoms with van der Waals surface area (Å²) in [5.74, 6) is -0.361. The topological polar surface area (TPSA) is 56.0 Å². The molecule has 4 rings (SSSR count). The number of nitrogens with zero attached hydrogens (tertiary/aromatic N) is 2. The van der Waals surface area contributed by atoms with Gasteiger partial charge in [0.15, 0.2) is 0 Å². The molecule has 4 nitrogen and oxygen atoms in total. The second kappa shape index (κ2) is 7.51. The lowest BCUT2D eigenvalue weighted by Gasteiger charge is -2.11. The van der Waals surface area contributed by atoms with Crippen LogP contribution < -0.4 is 12.4 Å². The number of hydrogen-bond acceptors (Lipinski definition) is 3. The number of non-ortho nitro benzene ring substituents is 1. The molecule has 0 spiro atoms. The summed E-state index contributed by atoms with van der Waals surface area (Å²) >= 11 is 0. The third-order valence-electron chi connectivity index (χ3n) is 4.24. The first kappa shape index (κ1) is 18.5. The summed E-state index contributed by atoms with van der Waals surface area (Å²) in [5.41, 5.74) is 3.12. The van der Waals surface area contributed by atoms with Crippen LogP contribution >= 0.6 is 0 Å². The SMILES string of the molecule is O=[N+]([O-])c1ccc2nc(-c3ccccc3F)cc(-c3ccccc3)c2c1.[Cl-]. The second-order valence-corrected chi connectivity index (χ2v) is 5.86. The van der Waals surface area contributed by atoms with Crippen LogP contribution in [0.5, 0.6) is 0 Å². The molecule has 0 radical (unpaired) electrons. The number of nitro groups is 1. The average Bonchev–Trinajstić information content (AvgIpc) is 2.67. The molecule has 27 heavy (non-hydrogen) atoms. The van der Waals surface area contributed by atoms with Gasteiger partial charge in [-0.3, -0.25) is 10.1 Å². The highest BCUT2D eigenvalue weighted by atomic mass is 35.5. The minimum absolute atomic E-state index is 0. The van der Waals surface area contributed by atoms with Crippen molar-refractivity contribution in [3.63, 3.8) is 0 Å². The van der Waals surface area contributed by atoms with E-state index in [1.807, 2.05) is 30.3 Å². The van der Waals surface area contributed by atoms with Crippen molar-refractivity contribution in [1.29, 1.82) is 0 Å². The molecule has 0 aliphatic rings. The van der Waals surface area contributed by atoms with Crippen LogP contribution in [0, 0.1) is 15.9 Å². The van der Waals surface area contributed by atoms with Gasteiger partial charge in [-0.2, -0.15) is 0 Å². The van der Waals surface area contributed by atoms with Crippen LogP contribution in [-0.4, -0.2) is 9.91 Å². The lowest BCUT2D eigenvalue weighted by atomic mass is 9.98. The molecule has 0 atom stereocenters. The van der Waals surface area contributed by atoms with Gasteiger partial charge in [-0.25, -0.2) is 9.37 Å². The van der Waals surface area contributed by atoms with Crippen molar-refractivity contribution >= 4 is 16.6 Å². The van der Waals surface area contributed by atoms with Crippen molar-refractivity contribution in [2.75, 3.05) is 0 Å². The van der Waals surface area contributed by atoms with Crippen molar-refractivity contribution in [1.82, 2.24) is 4.98 Å². The molecule has 0 bridgehead atoms. The maximum atomic E-state index is 14.3. The van der Waals surface area contributed by atoms with Gasteiger partial charge in [-0.15, -0.1) is 0 Å². The third kappa shape index (κ3) is 3.50. The molecule has 1 aromatic heterocycles. The predicted molar refractivity (Wildman–Crippen MR) is 99.2 cm³/mol. The largest absolute Gasteiger partial charge is 1.00 e. The number of rotatable bonds is 3. The Hall–Kier alpha value is -3.31. The van der Waals surface area contributed by atoms with E-state index in [0.29, 0.717) is 22.2 Å². The number of benzene rings is 3. The van der Waals surface area contributed by atoms with Crippen LogP contribution in [0.25, 0.3) is 33.3 Å². The van der Waals surface area contributed by atoms with Gasteiger partial charge < -0.3 is 12.4 Å². The number of hydrogen-bond donors (Lipinski definition) is 0. The number of pyridine rings is 1. The van der Waals surface area contributed by atoms with E-state index >= 15 is 0 Å². The Morgan fingerprint density at radius 1 is 0.852 bits per heavy atom. The van der Waals surface area contributed by atoms with E-state index in [0.717, 1.165) is 11.1 Å². The Morgan fingerprint density at radius 3 is 2.26 bits per heavy atom. The van der Waals surface area contributed by atoms with Gasteiger partial charge in [-0.05, 0) is 35.4 Å². The molecule has 1 heterocycles. The first-order valence-corrected chi connectivity index (χ1v) is 8.03. The minimum atomic E-state index is -0.432. The van der Waals surface area contributed by atoms with E-state index in [4.69, 9.17) is 0 Å². The zero-order valence-electron chi connectivity index (χ0n) is 14.0. The minimum Gasteiger partial charge on any atom is -1.00 e. The van der Waals surface area contributed by atoms with Gasteiger partial charge in [0, 0.05) is 23.1 Å². The maximum Gasteiger partial charge on any atom is 0.270 e. The molecule has 0 fully saturated rings. The van der Waals surface area contributed by atoms with Crippen molar-refractivity contribution < 1.29 is 21.7 Å². The van der Waals surface area contributed by atoms with E-state index in [2.05, 4.69) is 4.98 Å². The van der Waals surface area contributed by atoms with E-state index in [1.165, 1.54) is 18.2 Å². The fraction of sp³-hybridized carbons (Fsp3) is 0. The van der Waals surface area contributed by atoms with Crippen LogP contribution in [0.15, 0.2) is 78.9 Å². The van der Waals surface area contributed by atoms with Gasteiger partial charge in [0.2, 0.25) is 0 Å². The van der Waals surface area contributed by atoms with Gasteiger partial charge in [0.25, 0.3) is 5.69 Å². The zero-order valence-corrected chi connectivity index (χ0v) is 14.7. The van der Waals surface area contributed by atoms with Gasteiger partial charge in [0.1, 0.15) is 5.82 Å². The standard InChI is InChI=1S/C21H13FN2O2.ClH/c22-19-9-5-4-8-16(19)21-13-17(14-6-2-1-3-7-14)18-12-15(24(25)26)10-11-20(18)23-21;/h1-13H;1H/p-1. The number of halogens is 2. The van der Waals surface area contributed by atoms with Crippen LogP contribution in [0.4, 0.5) is 10.1 Å². The maximum absolute atomic E-state index is 14.3. The summed E-state index contributed by atoms with van der Waals surface area (Å²) in [6.07, 6.45) is 0. The van der Waals surface area contributed by atoms with E-state index in [-0.39, 0.29) is 23.9 Å². The Bertz CT molecular complexity index is 1130.